The highest BCUT2D eigenvalue weighted by Gasteiger charge is 2.37. The summed E-state index contributed by atoms with van der Waals surface area (Å²) in [6.07, 6.45) is 6.52. The van der Waals surface area contributed by atoms with Crippen molar-refractivity contribution in [3.63, 3.8) is 0 Å². The van der Waals surface area contributed by atoms with E-state index in [0.717, 1.165) is 84.0 Å². The fourth-order valence-corrected chi connectivity index (χ4v) is 6.44. The summed E-state index contributed by atoms with van der Waals surface area (Å²) < 4.78 is 82.7. The van der Waals surface area contributed by atoms with E-state index in [1.54, 1.807) is 12.1 Å². The molecule has 5 aromatic heterocycles. The first-order valence-corrected chi connectivity index (χ1v) is 16.9. The number of halogens is 2. The molecular weight excluding hydrogens is 681 g/mol. The van der Waals surface area contributed by atoms with Crippen LogP contribution in [-0.2, 0) is 4.74 Å². The van der Waals surface area contributed by atoms with Gasteiger partial charge in [0.05, 0.1) is 62.8 Å². The number of hydrogen-bond acceptors (Lipinski definition) is 13. The van der Waals surface area contributed by atoms with E-state index in [1.807, 2.05) is 12.1 Å². The highest BCUT2D eigenvalue weighted by Crippen LogP contribution is 2.36. The van der Waals surface area contributed by atoms with Gasteiger partial charge in [0.1, 0.15) is 5.52 Å². The number of nitro benzene ring substituents is 1. The Morgan fingerprint density at radius 2 is 1.10 bits per heavy atom. The Bertz CT molecular complexity index is 2110. The SMILES string of the molecule is O=[N+]([O-])c1ccc2c(c1)n1c(N3CCOCC3)[n+]3ccccc3c1c1c3cccc[n+]3c(N3CCCC3)n21.[O-][Cl+3]([O-])([O-])[O-].[O-][Cl+3]([O-])([O-])[O-]. The standard InChI is InChI=1S/C28H27N7O3.2ClHO4/c36-35(37)20-9-10-21-24(19-20)34-26(23-8-2-4-14-32(23)28(34)30-15-17-38-18-16-30)25-22-7-1-3-13-31(22)27(33(21)25)29-11-5-6-12-29;2*2-1(3,4)5/h1-4,7-10,13-14,19H,5-6,11-12,15-18H2;2*(H,2,3,4,5)/q+2;;/p-2. The van der Waals surface area contributed by atoms with Gasteiger partial charge in [-0.2, -0.15) is 8.80 Å². The van der Waals surface area contributed by atoms with Gasteiger partial charge in [-0.05, 0) is 43.2 Å². The van der Waals surface area contributed by atoms with Crippen LogP contribution in [0.15, 0.2) is 67.0 Å². The summed E-state index contributed by atoms with van der Waals surface area (Å²) in [4.78, 5) is 16.4. The van der Waals surface area contributed by atoms with E-state index in [0.29, 0.717) is 13.2 Å². The molecule has 2 aliphatic heterocycles. The number of morpholine rings is 1. The van der Waals surface area contributed by atoms with E-state index in [-0.39, 0.29) is 10.6 Å². The van der Waals surface area contributed by atoms with Gasteiger partial charge in [0.2, 0.25) is 0 Å². The molecule has 0 spiro atoms. The van der Waals surface area contributed by atoms with E-state index < -0.39 is 20.5 Å². The smallest absolute Gasteiger partial charge is 0.370 e. The normalized spacial score (nSPS) is 15.7. The van der Waals surface area contributed by atoms with Crippen molar-refractivity contribution in [2.45, 2.75) is 12.8 Å². The molecule has 0 amide bonds. The number of imidazole rings is 2. The van der Waals surface area contributed by atoms with Crippen LogP contribution in [0.25, 0.3) is 33.1 Å². The summed E-state index contributed by atoms with van der Waals surface area (Å²) in [5, 5.41) is 12.0. The second-order valence-corrected chi connectivity index (χ2v) is 12.4. The number of nitrogens with zero attached hydrogens (tertiary/aromatic N) is 7. The summed E-state index contributed by atoms with van der Waals surface area (Å²) in [5.41, 5.74) is 6.14. The highest BCUT2D eigenvalue weighted by atomic mass is 35.7. The van der Waals surface area contributed by atoms with Crippen molar-refractivity contribution < 1.29 is 76.2 Å². The molecule has 2 aliphatic rings. The number of rotatable bonds is 3. The van der Waals surface area contributed by atoms with Gasteiger partial charge in [-0.25, -0.2) is 46.1 Å². The van der Waals surface area contributed by atoms with E-state index >= 15 is 0 Å². The largest absolute Gasteiger partial charge is 0.375 e. The number of benzene rings is 1. The topological polar surface area (TPSA) is 260 Å². The Morgan fingerprint density at radius 3 is 1.58 bits per heavy atom. The molecule has 2 saturated heterocycles. The van der Waals surface area contributed by atoms with Gasteiger partial charge >= 0.3 is 11.9 Å². The Balaban J connectivity index is 0.000000355. The third-order valence-electron chi connectivity index (χ3n) is 8.04. The van der Waals surface area contributed by atoms with Crippen LogP contribution in [-0.4, -0.2) is 53.1 Å². The summed E-state index contributed by atoms with van der Waals surface area (Å²) in [7, 11) is -9.89. The lowest BCUT2D eigenvalue weighted by molar-refractivity contribution is -2.00. The Labute approximate surface area is 274 Å². The van der Waals surface area contributed by atoms with Gasteiger partial charge in [-0.1, -0.05) is 12.1 Å². The average Bonchev–Trinajstić information content (AvgIpc) is 3.75. The van der Waals surface area contributed by atoms with E-state index in [9.17, 15) is 10.1 Å². The zero-order chi connectivity index (χ0) is 34.4. The molecule has 18 nitrogen and oxygen atoms in total. The molecule has 1 aromatic carbocycles. The molecule has 20 heteroatoms. The maximum absolute atomic E-state index is 12.0. The van der Waals surface area contributed by atoms with Crippen molar-refractivity contribution >= 4 is 50.7 Å². The molecule has 0 atom stereocenters. The van der Waals surface area contributed by atoms with Crippen LogP contribution in [0.4, 0.5) is 17.6 Å². The van der Waals surface area contributed by atoms with Crippen molar-refractivity contribution in [3.8, 4) is 0 Å². The summed E-state index contributed by atoms with van der Waals surface area (Å²) in [6.45, 7) is 4.76. The quantitative estimate of drug-likeness (QED) is 0.0942. The molecule has 0 N–H and O–H groups in total. The molecule has 6 aromatic rings. The average molecular weight is 708 g/mol. The van der Waals surface area contributed by atoms with Gasteiger partial charge < -0.3 is 4.74 Å². The molecule has 254 valence electrons. The molecule has 0 saturated carbocycles. The van der Waals surface area contributed by atoms with Crippen LogP contribution < -0.4 is 55.9 Å². The van der Waals surface area contributed by atoms with Crippen LogP contribution in [0.5, 0.6) is 0 Å². The fraction of sp³-hybridized carbons (Fsp3) is 0.286. The molecule has 0 aliphatic carbocycles. The lowest BCUT2D eigenvalue weighted by Gasteiger charge is -2.22. The van der Waals surface area contributed by atoms with Gasteiger partial charge in [-0.3, -0.25) is 19.9 Å². The first-order chi connectivity index (χ1) is 22.7. The summed E-state index contributed by atoms with van der Waals surface area (Å²) in [6, 6.07) is 17.8. The van der Waals surface area contributed by atoms with Gasteiger partial charge in [0.15, 0.2) is 27.6 Å². The Hall–Kier alpha value is -4.18. The van der Waals surface area contributed by atoms with Crippen molar-refractivity contribution in [1.82, 2.24) is 8.80 Å². The number of hydrogen-bond donors (Lipinski definition) is 0. The third kappa shape index (κ3) is 6.72. The van der Waals surface area contributed by atoms with E-state index in [1.165, 1.54) is 0 Å². The first kappa shape index (κ1) is 33.7. The molecule has 0 unspecified atom stereocenters. The van der Waals surface area contributed by atoms with Crippen LogP contribution in [0, 0.1) is 30.6 Å². The second-order valence-electron chi connectivity index (χ2n) is 10.9. The predicted octanol–water partition coefficient (Wildman–Crippen LogP) is -6.34. The van der Waals surface area contributed by atoms with Crippen molar-refractivity contribution in [2.75, 3.05) is 49.2 Å². The van der Waals surface area contributed by atoms with Crippen LogP contribution in [0.1, 0.15) is 12.8 Å². The number of fused-ring (bicyclic) bond motifs is 10. The minimum Gasteiger partial charge on any atom is -0.375 e. The van der Waals surface area contributed by atoms with Crippen LogP contribution in [0.2, 0.25) is 0 Å². The number of nitro groups is 1. The van der Waals surface area contributed by atoms with Crippen molar-refractivity contribution in [3.05, 3.63) is 77.1 Å². The number of ether oxygens (including phenoxy) is 1. The lowest BCUT2D eigenvalue weighted by Crippen LogP contribution is -2.68. The first-order valence-electron chi connectivity index (χ1n) is 14.4. The zero-order valence-electron chi connectivity index (χ0n) is 24.9. The molecule has 48 heavy (non-hydrogen) atoms. The number of anilines is 2. The molecule has 8 rings (SSSR count). The molecule has 0 radical (unpaired) electrons. The zero-order valence-corrected chi connectivity index (χ0v) is 26.4. The minimum absolute atomic E-state index is 0.0842. The van der Waals surface area contributed by atoms with Crippen molar-refractivity contribution in [1.29, 1.82) is 0 Å². The van der Waals surface area contributed by atoms with Crippen LogP contribution >= 0.6 is 0 Å². The number of aromatic nitrogens is 4. The molecule has 2 fully saturated rings. The lowest BCUT2D eigenvalue weighted by atomic mass is 10.2. The Kier molecular flexibility index (Phi) is 9.15. The third-order valence-corrected chi connectivity index (χ3v) is 8.04. The maximum Gasteiger partial charge on any atom is 0.370 e. The fourth-order valence-electron chi connectivity index (χ4n) is 6.44. The Morgan fingerprint density at radius 1 is 0.646 bits per heavy atom. The molecule has 0 bridgehead atoms. The summed E-state index contributed by atoms with van der Waals surface area (Å²) >= 11 is 0. The summed E-state index contributed by atoms with van der Waals surface area (Å²) in [5.74, 6) is 2.09. The predicted molar refractivity (Wildman–Crippen MR) is 143 cm³/mol. The van der Waals surface area contributed by atoms with E-state index in [4.69, 9.17) is 42.0 Å². The second kappa shape index (κ2) is 13.0. The molecular formula is C28H27Cl2N7O11. The number of non-ortho nitro benzene ring substituents is 1. The van der Waals surface area contributed by atoms with Gasteiger partial charge in [0, 0.05) is 6.07 Å². The van der Waals surface area contributed by atoms with Gasteiger partial charge in [-0.15, -0.1) is 20.5 Å². The van der Waals surface area contributed by atoms with Gasteiger partial charge in [0.25, 0.3) is 5.69 Å². The molecule has 7 heterocycles. The highest BCUT2D eigenvalue weighted by molar-refractivity contribution is 6.04. The monoisotopic (exact) mass is 707 g/mol. The van der Waals surface area contributed by atoms with Crippen molar-refractivity contribution in [2.24, 2.45) is 0 Å². The van der Waals surface area contributed by atoms with E-state index in [2.05, 4.69) is 70.1 Å². The van der Waals surface area contributed by atoms with Crippen LogP contribution in [0.3, 0.4) is 0 Å². The maximum atomic E-state index is 12.0. The number of pyridine rings is 2. The minimum atomic E-state index is -4.94.